The van der Waals surface area contributed by atoms with Gasteiger partial charge in [0.25, 0.3) is 0 Å². The number of amides is 1. The van der Waals surface area contributed by atoms with Crippen molar-refractivity contribution in [3.63, 3.8) is 0 Å². The Morgan fingerprint density at radius 3 is 2.42 bits per heavy atom. The van der Waals surface area contributed by atoms with Crippen LogP contribution in [-0.2, 0) is 4.79 Å². The molecule has 4 aromatic rings. The first-order valence-electron chi connectivity index (χ1n) is 18.4. The smallest absolute Gasteiger partial charge is 0.422 e. The molecule has 2 spiro atoms. The van der Waals surface area contributed by atoms with E-state index < -0.39 is 12.8 Å². The minimum absolute atomic E-state index is 0.0358. The summed E-state index contributed by atoms with van der Waals surface area (Å²) in [6, 6.07) is 6.63. The summed E-state index contributed by atoms with van der Waals surface area (Å²) in [5.41, 5.74) is 4.89. The van der Waals surface area contributed by atoms with Gasteiger partial charge in [0.1, 0.15) is 11.3 Å². The summed E-state index contributed by atoms with van der Waals surface area (Å²) in [6.45, 7) is 8.72. The van der Waals surface area contributed by atoms with Crippen molar-refractivity contribution in [2.75, 3.05) is 69.8 Å². The van der Waals surface area contributed by atoms with Crippen molar-refractivity contribution >= 4 is 39.5 Å². The van der Waals surface area contributed by atoms with Crippen LogP contribution in [0, 0.1) is 17.8 Å². The Hall–Kier alpha value is -4.39. The number of H-pyrrole nitrogens is 1. The van der Waals surface area contributed by atoms with Gasteiger partial charge in [-0.1, -0.05) is 12.6 Å². The Kier molecular flexibility index (Phi) is 7.60. The third-order valence-corrected chi connectivity index (χ3v) is 12.5. The number of likely N-dealkylation sites (tertiary alicyclic amines) is 1. The van der Waals surface area contributed by atoms with E-state index in [4.69, 9.17) is 14.7 Å². The van der Waals surface area contributed by atoms with E-state index in [-0.39, 0.29) is 28.4 Å². The second-order valence-corrected chi connectivity index (χ2v) is 16.4. The molecule has 5 fully saturated rings. The second kappa shape index (κ2) is 11.8. The SMILES string of the molecule is C=CC(=O)N1CC2(CCN(c3nc(N4CC5(CC(N(C)C)C5)C4)nc4c(OCC(F)(F)F)c(-c5c(C)ccc6[nH]ncc56)c(C5CC5)cc34)CC2)C1. The summed E-state index contributed by atoms with van der Waals surface area (Å²) < 4.78 is 48.2. The van der Waals surface area contributed by atoms with Crippen molar-refractivity contribution in [1.29, 1.82) is 0 Å². The van der Waals surface area contributed by atoms with Crippen LogP contribution in [0.2, 0.25) is 0 Å². The monoisotopic (exact) mass is 714 g/mol. The number of anilines is 2. The van der Waals surface area contributed by atoms with E-state index in [0.29, 0.717) is 23.1 Å². The molecule has 0 unspecified atom stereocenters. The van der Waals surface area contributed by atoms with Crippen LogP contribution >= 0.6 is 0 Å². The summed E-state index contributed by atoms with van der Waals surface area (Å²) in [5, 5.41) is 8.90. The van der Waals surface area contributed by atoms with Crippen molar-refractivity contribution in [3.8, 4) is 16.9 Å². The number of carbonyl (C=O) groups excluding carboxylic acids is 1. The number of piperidine rings is 1. The Bertz CT molecular complexity index is 2080. The average Bonchev–Trinajstić information content (AvgIpc) is 3.80. The molecule has 2 saturated carbocycles. The van der Waals surface area contributed by atoms with Crippen molar-refractivity contribution < 1.29 is 22.7 Å². The number of ether oxygens (including phenoxy) is 1. The van der Waals surface area contributed by atoms with E-state index in [0.717, 1.165) is 117 Å². The summed E-state index contributed by atoms with van der Waals surface area (Å²) in [4.78, 5) is 31.2. The average molecular weight is 715 g/mol. The molecule has 52 heavy (non-hydrogen) atoms. The van der Waals surface area contributed by atoms with E-state index in [2.05, 4.69) is 51.6 Å². The van der Waals surface area contributed by atoms with Crippen molar-refractivity contribution in [2.45, 2.75) is 63.6 Å². The fraction of sp³-hybridized carbons (Fsp3) is 0.538. The van der Waals surface area contributed by atoms with Gasteiger partial charge in [0.05, 0.1) is 11.7 Å². The zero-order chi connectivity index (χ0) is 36.2. The molecular formula is C39H45F3N8O2. The van der Waals surface area contributed by atoms with Crippen molar-refractivity contribution in [2.24, 2.45) is 10.8 Å². The molecule has 9 rings (SSSR count). The minimum Gasteiger partial charge on any atom is -0.481 e. The van der Waals surface area contributed by atoms with Crippen LogP contribution < -0.4 is 14.5 Å². The van der Waals surface area contributed by atoms with E-state index >= 15 is 0 Å². The maximum Gasteiger partial charge on any atom is 0.422 e. The summed E-state index contributed by atoms with van der Waals surface area (Å²) in [5.74, 6) is 1.60. The topological polar surface area (TPSA) is 93.7 Å². The van der Waals surface area contributed by atoms with Crippen LogP contribution in [0.1, 0.15) is 55.6 Å². The summed E-state index contributed by atoms with van der Waals surface area (Å²) in [6.07, 6.45) is 4.47. The molecule has 3 saturated heterocycles. The number of benzene rings is 2. The molecule has 0 radical (unpaired) electrons. The molecule has 0 atom stereocenters. The molecule has 13 heteroatoms. The number of nitrogens with zero attached hydrogens (tertiary/aromatic N) is 7. The van der Waals surface area contributed by atoms with Gasteiger partial charge in [0.15, 0.2) is 12.4 Å². The molecule has 0 bridgehead atoms. The van der Waals surface area contributed by atoms with E-state index in [1.165, 1.54) is 6.08 Å². The largest absolute Gasteiger partial charge is 0.481 e. The zero-order valence-electron chi connectivity index (χ0n) is 30.0. The first-order valence-corrected chi connectivity index (χ1v) is 18.4. The third-order valence-electron chi connectivity index (χ3n) is 12.5. The Morgan fingerprint density at radius 2 is 1.77 bits per heavy atom. The summed E-state index contributed by atoms with van der Waals surface area (Å²) >= 11 is 0. The van der Waals surface area contributed by atoms with Crippen LogP contribution in [0.4, 0.5) is 24.9 Å². The van der Waals surface area contributed by atoms with Gasteiger partial charge in [-0.2, -0.15) is 23.3 Å². The molecule has 3 aliphatic heterocycles. The molecule has 274 valence electrons. The van der Waals surface area contributed by atoms with E-state index in [9.17, 15) is 18.0 Å². The van der Waals surface area contributed by atoms with Crippen molar-refractivity contribution in [1.82, 2.24) is 30.0 Å². The van der Waals surface area contributed by atoms with Crippen LogP contribution in [0.25, 0.3) is 32.9 Å². The number of halogens is 3. The number of aromatic nitrogens is 4. The maximum atomic E-state index is 14.1. The first-order chi connectivity index (χ1) is 24.8. The number of carbonyl (C=O) groups is 1. The number of rotatable bonds is 8. The fourth-order valence-corrected chi connectivity index (χ4v) is 9.36. The second-order valence-electron chi connectivity index (χ2n) is 16.4. The number of hydrogen-bond acceptors (Lipinski definition) is 8. The molecule has 1 amide bonds. The molecule has 5 aliphatic rings. The highest BCUT2D eigenvalue weighted by atomic mass is 19.4. The van der Waals surface area contributed by atoms with Gasteiger partial charge >= 0.3 is 6.18 Å². The Morgan fingerprint density at radius 1 is 1.04 bits per heavy atom. The lowest BCUT2D eigenvalue weighted by molar-refractivity contribution is -0.153. The molecule has 1 N–H and O–H groups in total. The Balaban J connectivity index is 1.19. The highest BCUT2D eigenvalue weighted by Crippen LogP contribution is 2.55. The molecule has 2 aliphatic carbocycles. The quantitative estimate of drug-likeness (QED) is 0.209. The number of nitrogens with one attached hydrogen (secondary N) is 1. The van der Waals surface area contributed by atoms with Crippen LogP contribution in [-0.4, -0.2) is 108 Å². The van der Waals surface area contributed by atoms with Gasteiger partial charge < -0.3 is 24.3 Å². The lowest BCUT2D eigenvalue weighted by atomic mass is 9.60. The summed E-state index contributed by atoms with van der Waals surface area (Å²) in [7, 11) is 4.24. The lowest BCUT2D eigenvalue weighted by Crippen LogP contribution is -2.66. The minimum atomic E-state index is -4.55. The molecule has 10 nitrogen and oxygen atoms in total. The van der Waals surface area contributed by atoms with Crippen LogP contribution in [0.15, 0.2) is 37.1 Å². The predicted molar refractivity (Wildman–Crippen MR) is 195 cm³/mol. The maximum absolute atomic E-state index is 14.1. The van der Waals surface area contributed by atoms with Gasteiger partial charge in [-0.3, -0.25) is 9.89 Å². The number of aryl methyl sites for hydroxylation is 1. The zero-order valence-corrected chi connectivity index (χ0v) is 30.0. The molecule has 2 aromatic heterocycles. The highest BCUT2D eigenvalue weighted by molar-refractivity contribution is 6.06. The van der Waals surface area contributed by atoms with Crippen LogP contribution in [0.5, 0.6) is 5.75 Å². The highest BCUT2D eigenvalue weighted by Gasteiger charge is 2.54. The third kappa shape index (κ3) is 5.57. The number of aromatic amines is 1. The molecule has 5 heterocycles. The fourth-order valence-electron chi connectivity index (χ4n) is 9.36. The van der Waals surface area contributed by atoms with Crippen molar-refractivity contribution in [3.05, 3.63) is 48.2 Å². The number of alkyl halides is 3. The van der Waals surface area contributed by atoms with Gasteiger partial charge in [-0.15, -0.1) is 0 Å². The predicted octanol–water partition coefficient (Wildman–Crippen LogP) is 6.45. The number of hydrogen-bond donors (Lipinski definition) is 1. The first kappa shape index (κ1) is 33.4. The standard InChI is InChI=1S/C39H45F3N8O2/c1-5-30(51)49-18-37(19-49)10-12-48(13-11-37)35-27-14-26(24-7-8-24)32(31-23(2)6-9-29-28(31)17-43-46-29)34(52-22-39(40,41)42)33(27)44-36(45-35)50-20-38(21-50)15-25(16-38)47(3)4/h5-6,9,14,17,24-25H,1,7-8,10-13,15-16,18-22H2,2-4H3,(H,43,46). The Labute approximate surface area is 301 Å². The van der Waals surface area contributed by atoms with Gasteiger partial charge in [-0.05, 0) is 100 Å². The molecule has 2 aromatic carbocycles. The van der Waals surface area contributed by atoms with E-state index in [1.807, 2.05) is 24.0 Å². The van der Waals surface area contributed by atoms with Crippen LogP contribution in [0.3, 0.4) is 0 Å². The molecular weight excluding hydrogens is 669 g/mol. The van der Waals surface area contributed by atoms with Gasteiger partial charge in [-0.25, -0.2) is 4.98 Å². The number of fused-ring (bicyclic) bond motifs is 2. The van der Waals surface area contributed by atoms with Gasteiger partial charge in [0.2, 0.25) is 11.9 Å². The van der Waals surface area contributed by atoms with Gasteiger partial charge in [0, 0.05) is 72.5 Å². The lowest BCUT2D eigenvalue weighted by Gasteiger charge is -2.60. The van der Waals surface area contributed by atoms with E-state index in [1.54, 1.807) is 6.20 Å². The normalized spacial score (nSPS) is 21.2.